The van der Waals surface area contributed by atoms with Crippen LogP contribution in [-0.2, 0) is 0 Å². The Balaban J connectivity index is 1.93. The predicted molar refractivity (Wildman–Crippen MR) is 104 cm³/mol. The Bertz CT molecular complexity index is 1110. The van der Waals surface area contributed by atoms with Crippen molar-refractivity contribution in [3.63, 3.8) is 0 Å². The molecule has 0 saturated carbocycles. The molecule has 4 rings (SSSR count). The summed E-state index contributed by atoms with van der Waals surface area (Å²) < 4.78 is 1.92. The normalized spacial score (nSPS) is 12.0. The lowest BCUT2D eigenvalue weighted by molar-refractivity contribution is 0.233. The van der Waals surface area contributed by atoms with Crippen molar-refractivity contribution < 1.29 is 5.11 Å². The summed E-state index contributed by atoms with van der Waals surface area (Å²) in [7, 11) is 0. The van der Waals surface area contributed by atoms with Crippen LogP contribution in [0.3, 0.4) is 0 Å². The Morgan fingerprint density at radius 3 is 2.73 bits per heavy atom. The predicted octanol–water partition coefficient (Wildman–Crippen LogP) is 3.78. The van der Waals surface area contributed by atoms with Crippen LogP contribution in [0.4, 0.5) is 5.95 Å². The number of imidazole rings is 1. The fraction of sp³-hybridized carbons (Fsp3) is 0.211. The Morgan fingerprint density at radius 2 is 1.96 bits per heavy atom. The minimum Gasteiger partial charge on any atom is -0.394 e. The van der Waals surface area contributed by atoms with Crippen LogP contribution in [0.25, 0.3) is 27.8 Å². The van der Waals surface area contributed by atoms with Crippen molar-refractivity contribution in [1.29, 1.82) is 0 Å². The summed E-state index contributed by atoms with van der Waals surface area (Å²) in [5, 5.41) is 14.1. The molecule has 7 heteroatoms. The molecule has 0 aliphatic rings. The molecule has 0 unspecified atom stereocenters. The van der Waals surface area contributed by atoms with Gasteiger partial charge in [-0.05, 0) is 26.0 Å². The highest BCUT2D eigenvalue weighted by atomic mass is 35.5. The summed E-state index contributed by atoms with van der Waals surface area (Å²) >= 11 is 6.39. The van der Waals surface area contributed by atoms with Gasteiger partial charge in [0, 0.05) is 40.1 Å². The van der Waals surface area contributed by atoms with Gasteiger partial charge in [-0.2, -0.15) is 4.98 Å². The molecule has 132 valence electrons. The van der Waals surface area contributed by atoms with Gasteiger partial charge in [-0.1, -0.05) is 29.8 Å². The molecule has 0 spiro atoms. The standard InChI is InChI=1S/C19H18ClN5O/c1-19(2,11-26)24-18-22-10-12-9-14(13-5-3-4-6-15(13)20)17-21-7-8-25(17)16(12)23-18/h3-10,26H,11H2,1-2H3,(H,22,23,24). The van der Waals surface area contributed by atoms with Crippen LogP contribution in [0.5, 0.6) is 0 Å². The van der Waals surface area contributed by atoms with Crippen LogP contribution in [-0.4, -0.2) is 36.6 Å². The van der Waals surface area contributed by atoms with Crippen molar-refractivity contribution >= 4 is 34.2 Å². The molecule has 0 saturated heterocycles. The molecule has 0 aliphatic carbocycles. The lowest BCUT2D eigenvalue weighted by Crippen LogP contribution is -2.35. The number of hydrogen-bond donors (Lipinski definition) is 2. The summed E-state index contributed by atoms with van der Waals surface area (Å²) in [5.74, 6) is 0.456. The van der Waals surface area contributed by atoms with Crippen LogP contribution in [0.2, 0.25) is 5.02 Å². The summed E-state index contributed by atoms with van der Waals surface area (Å²) in [5.41, 5.74) is 2.83. The summed E-state index contributed by atoms with van der Waals surface area (Å²) in [4.78, 5) is 13.5. The van der Waals surface area contributed by atoms with Gasteiger partial charge in [0.05, 0.1) is 12.1 Å². The van der Waals surface area contributed by atoms with Crippen molar-refractivity contribution in [1.82, 2.24) is 19.4 Å². The third kappa shape index (κ3) is 2.87. The first kappa shape index (κ1) is 16.8. The fourth-order valence-electron chi connectivity index (χ4n) is 2.85. The molecule has 4 aromatic rings. The Kier molecular flexibility index (Phi) is 4.01. The highest BCUT2D eigenvalue weighted by molar-refractivity contribution is 6.33. The molecule has 0 atom stereocenters. The van der Waals surface area contributed by atoms with E-state index in [1.807, 2.05) is 54.8 Å². The monoisotopic (exact) mass is 367 g/mol. The number of aliphatic hydroxyl groups excluding tert-OH is 1. The molecule has 1 aromatic carbocycles. The third-order valence-corrected chi connectivity index (χ3v) is 4.54. The highest BCUT2D eigenvalue weighted by Gasteiger charge is 2.18. The van der Waals surface area contributed by atoms with Crippen LogP contribution >= 0.6 is 11.6 Å². The number of hydrogen-bond acceptors (Lipinski definition) is 5. The van der Waals surface area contributed by atoms with E-state index in [0.29, 0.717) is 11.0 Å². The molecular weight excluding hydrogens is 350 g/mol. The van der Waals surface area contributed by atoms with Gasteiger partial charge in [0.1, 0.15) is 5.65 Å². The maximum Gasteiger partial charge on any atom is 0.225 e. The number of nitrogens with zero attached hydrogens (tertiary/aromatic N) is 4. The van der Waals surface area contributed by atoms with E-state index in [1.165, 1.54) is 0 Å². The van der Waals surface area contributed by atoms with Gasteiger partial charge < -0.3 is 10.4 Å². The number of benzene rings is 1. The van der Waals surface area contributed by atoms with Crippen molar-refractivity contribution in [2.45, 2.75) is 19.4 Å². The van der Waals surface area contributed by atoms with Gasteiger partial charge in [0.25, 0.3) is 0 Å². The van der Waals surface area contributed by atoms with Crippen molar-refractivity contribution in [2.24, 2.45) is 0 Å². The average Bonchev–Trinajstić information content (AvgIpc) is 3.12. The van der Waals surface area contributed by atoms with Crippen molar-refractivity contribution in [2.75, 3.05) is 11.9 Å². The van der Waals surface area contributed by atoms with Gasteiger partial charge in [-0.3, -0.25) is 4.40 Å². The van der Waals surface area contributed by atoms with E-state index in [9.17, 15) is 5.11 Å². The summed E-state index contributed by atoms with van der Waals surface area (Å²) in [6.07, 6.45) is 5.37. The number of aromatic nitrogens is 4. The molecule has 0 radical (unpaired) electrons. The number of aliphatic hydroxyl groups is 1. The molecular formula is C19H18ClN5O. The lowest BCUT2D eigenvalue weighted by atomic mass is 10.1. The zero-order valence-corrected chi connectivity index (χ0v) is 15.2. The quantitative estimate of drug-likeness (QED) is 0.574. The first-order valence-electron chi connectivity index (χ1n) is 8.25. The second kappa shape index (κ2) is 6.23. The summed E-state index contributed by atoms with van der Waals surface area (Å²) in [6.45, 7) is 3.74. The van der Waals surface area contributed by atoms with Crippen molar-refractivity contribution in [3.05, 3.63) is 53.9 Å². The van der Waals surface area contributed by atoms with E-state index in [1.54, 1.807) is 12.4 Å². The largest absolute Gasteiger partial charge is 0.394 e. The smallest absolute Gasteiger partial charge is 0.225 e. The zero-order valence-electron chi connectivity index (χ0n) is 14.4. The molecule has 3 aromatic heterocycles. The van der Waals surface area contributed by atoms with Crippen LogP contribution in [0, 0.1) is 0 Å². The third-order valence-electron chi connectivity index (χ3n) is 4.22. The Labute approximate surface area is 155 Å². The Hall–Kier alpha value is -2.70. The Morgan fingerprint density at radius 1 is 1.15 bits per heavy atom. The minimum absolute atomic E-state index is 0.0275. The average molecular weight is 368 g/mol. The van der Waals surface area contributed by atoms with Crippen LogP contribution in [0.15, 0.2) is 48.9 Å². The first-order chi connectivity index (χ1) is 12.5. The summed E-state index contributed by atoms with van der Waals surface area (Å²) in [6, 6.07) is 9.69. The fourth-order valence-corrected chi connectivity index (χ4v) is 3.09. The number of nitrogens with one attached hydrogen (secondary N) is 1. The van der Waals surface area contributed by atoms with E-state index in [4.69, 9.17) is 11.6 Å². The van der Waals surface area contributed by atoms with Gasteiger partial charge >= 0.3 is 0 Å². The molecule has 2 N–H and O–H groups in total. The molecule has 3 heterocycles. The van der Waals surface area contributed by atoms with Gasteiger partial charge in [0.15, 0.2) is 5.65 Å². The number of halogens is 1. The molecule has 6 nitrogen and oxygen atoms in total. The number of fused-ring (bicyclic) bond motifs is 3. The molecule has 26 heavy (non-hydrogen) atoms. The van der Waals surface area contributed by atoms with Crippen molar-refractivity contribution in [3.8, 4) is 11.1 Å². The molecule has 0 fully saturated rings. The maximum absolute atomic E-state index is 9.45. The van der Waals surface area contributed by atoms with Crippen LogP contribution in [0.1, 0.15) is 13.8 Å². The van der Waals surface area contributed by atoms with Gasteiger partial charge in [0.2, 0.25) is 5.95 Å². The zero-order chi connectivity index (χ0) is 18.3. The van der Waals surface area contributed by atoms with Gasteiger partial charge in [-0.15, -0.1) is 0 Å². The first-order valence-corrected chi connectivity index (χ1v) is 8.63. The number of rotatable bonds is 4. The SMILES string of the molecule is CC(C)(CO)Nc1ncc2cc(-c3ccccc3Cl)c3nccn3c2n1. The highest BCUT2D eigenvalue weighted by Crippen LogP contribution is 2.33. The van der Waals surface area contributed by atoms with E-state index < -0.39 is 5.54 Å². The van der Waals surface area contributed by atoms with Crippen LogP contribution < -0.4 is 5.32 Å². The molecule has 0 bridgehead atoms. The van der Waals surface area contributed by atoms with E-state index in [0.717, 1.165) is 27.8 Å². The topological polar surface area (TPSA) is 75.3 Å². The van der Waals surface area contributed by atoms with E-state index >= 15 is 0 Å². The lowest BCUT2D eigenvalue weighted by Gasteiger charge is -2.23. The van der Waals surface area contributed by atoms with E-state index in [2.05, 4.69) is 20.3 Å². The van der Waals surface area contributed by atoms with Gasteiger partial charge in [-0.25, -0.2) is 9.97 Å². The second-order valence-electron chi connectivity index (χ2n) is 6.80. The maximum atomic E-state index is 9.45. The number of pyridine rings is 1. The number of anilines is 1. The second-order valence-corrected chi connectivity index (χ2v) is 7.21. The van der Waals surface area contributed by atoms with E-state index in [-0.39, 0.29) is 6.61 Å². The molecule has 0 aliphatic heterocycles. The molecule has 0 amide bonds. The minimum atomic E-state index is -0.515.